The van der Waals surface area contributed by atoms with Gasteiger partial charge in [-0.2, -0.15) is 0 Å². The molecule has 11 heteroatoms. The number of fused-ring (bicyclic) bond motifs is 1. The highest BCUT2D eigenvalue weighted by atomic mass is 79.9. The van der Waals surface area contributed by atoms with E-state index in [4.69, 9.17) is 9.47 Å². The van der Waals surface area contributed by atoms with Gasteiger partial charge >= 0.3 is 5.69 Å². The smallest absolute Gasteiger partial charge is 0.353 e. The van der Waals surface area contributed by atoms with E-state index in [1.54, 1.807) is 24.3 Å². The first-order valence-corrected chi connectivity index (χ1v) is 8.68. The van der Waals surface area contributed by atoms with Gasteiger partial charge in [-0.3, -0.25) is 10.1 Å². The van der Waals surface area contributed by atoms with Crippen LogP contribution < -0.4 is 20.1 Å². The fourth-order valence-electron chi connectivity index (χ4n) is 2.56. The van der Waals surface area contributed by atoms with Crippen LogP contribution in [0.15, 0.2) is 47.2 Å². The Labute approximate surface area is 165 Å². The van der Waals surface area contributed by atoms with E-state index in [0.717, 1.165) is 6.33 Å². The van der Waals surface area contributed by atoms with E-state index in [9.17, 15) is 14.5 Å². The first-order chi connectivity index (χ1) is 13.5. The van der Waals surface area contributed by atoms with Crippen molar-refractivity contribution >= 4 is 44.6 Å². The molecule has 0 bridgehead atoms. The lowest BCUT2D eigenvalue weighted by Crippen LogP contribution is -2.06. The maximum atomic E-state index is 14.1. The van der Waals surface area contributed by atoms with Crippen LogP contribution in [0.1, 0.15) is 0 Å². The number of anilines is 4. The summed E-state index contributed by atoms with van der Waals surface area (Å²) in [6.07, 6.45) is 1.14. The standard InChI is InChI=1S/C17H11BrFN5O4/c18-9-1-3-12(11(19)5-9)23-17-15(24(25)26)16(20-7-21-17)22-10-2-4-13-14(6-10)28-8-27-13/h1-7H,8H2,(H2,20,21,22,23). The largest absolute Gasteiger partial charge is 0.454 e. The molecule has 2 N–H and O–H groups in total. The highest BCUT2D eigenvalue weighted by Gasteiger charge is 2.24. The molecule has 1 aliphatic rings. The number of benzene rings is 2. The molecule has 0 unspecified atom stereocenters. The third-order valence-electron chi connectivity index (χ3n) is 3.82. The molecule has 2 heterocycles. The number of nitrogens with one attached hydrogen (secondary N) is 2. The molecule has 28 heavy (non-hydrogen) atoms. The van der Waals surface area contributed by atoms with Crippen LogP contribution >= 0.6 is 15.9 Å². The molecule has 0 saturated carbocycles. The van der Waals surface area contributed by atoms with Gasteiger partial charge in [-0.1, -0.05) is 15.9 Å². The average Bonchev–Trinajstić information content (AvgIpc) is 3.12. The molecule has 2 aromatic carbocycles. The second-order valence-electron chi connectivity index (χ2n) is 5.62. The van der Waals surface area contributed by atoms with E-state index < -0.39 is 16.4 Å². The second-order valence-corrected chi connectivity index (χ2v) is 6.53. The lowest BCUT2D eigenvalue weighted by Gasteiger charge is -2.11. The molecule has 0 aliphatic carbocycles. The first kappa shape index (κ1) is 17.9. The molecule has 3 aromatic rings. The summed E-state index contributed by atoms with van der Waals surface area (Å²) in [5.74, 6) is 0.295. The molecule has 0 atom stereocenters. The molecule has 0 saturated heterocycles. The normalized spacial score (nSPS) is 11.9. The molecule has 0 radical (unpaired) electrons. The van der Waals surface area contributed by atoms with Crippen molar-refractivity contribution in [1.29, 1.82) is 0 Å². The number of hydrogen-bond acceptors (Lipinski definition) is 8. The van der Waals surface area contributed by atoms with Gasteiger partial charge in [0, 0.05) is 16.2 Å². The molecule has 9 nitrogen and oxygen atoms in total. The minimum Gasteiger partial charge on any atom is -0.454 e. The molecule has 4 rings (SSSR count). The second kappa shape index (κ2) is 7.27. The van der Waals surface area contributed by atoms with E-state index >= 15 is 0 Å². The summed E-state index contributed by atoms with van der Waals surface area (Å²) in [5.41, 5.74) is 0.119. The summed E-state index contributed by atoms with van der Waals surface area (Å²) in [4.78, 5) is 18.8. The Balaban J connectivity index is 1.68. The third kappa shape index (κ3) is 3.51. The van der Waals surface area contributed by atoms with Crippen LogP contribution in [0.3, 0.4) is 0 Å². The highest BCUT2D eigenvalue weighted by Crippen LogP contribution is 2.37. The van der Waals surface area contributed by atoms with Crippen LogP contribution in [0.5, 0.6) is 11.5 Å². The van der Waals surface area contributed by atoms with Crippen molar-refractivity contribution in [3.05, 3.63) is 63.1 Å². The summed E-state index contributed by atoms with van der Waals surface area (Å²) < 4.78 is 25.2. The van der Waals surface area contributed by atoms with Gasteiger partial charge in [0.25, 0.3) is 0 Å². The van der Waals surface area contributed by atoms with Crippen LogP contribution in [-0.4, -0.2) is 21.7 Å². The predicted molar refractivity (Wildman–Crippen MR) is 102 cm³/mol. The van der Waals surface area contributed by atoms with Crippen LogP contribution in [0.2, 0.25) is 0 Å². The summed E-state index contributed by atoms with van der Waals surface area (Å²) in [6.45, 7) is 0.110. The van der Waals surface area contributed by atoms with Crippen molar-refractivity contribution in [1.82, 2.24) is 9.97 Å². The number of nitro groups is 1. The third-order valence-corrected chi connectivity index (χ3v) is 4.32. The van der Waals surface area contributed by atoms with Crippen LogP contribution in [0.25, 0.3) is 0 Å². The fraction of sp³-hybridized carbons (Fsp3) is 0.0588. The predicted octanol–water partition coefficient (Wildman–Crippen LogP) is 4.50. The number of ether oxygens (including phenoxy) is 2. The van der Waals surface area contributed by atoms with Crippen molar-refractivity contribution < 1.29 is 18.8 Å². The van der Waals surface area contributed by atoms with E-state index in [1.165, 1.54) is 12.1 Å². The van der Waals surface area contributed by atoms with E-state index in [2.05, 4.69) is 36.5 Å². The van der Waals surface area contributed by atoms with Crippen molar-refractivity contribution in [3.8, 4) is 11.5 Å². The maximum Gasteiger partial charge on any atom is 0.353 e. The average molecular weight is 448 g/mol. The van der Waals surface area contributed by atoms with Gasteiger partial charge < -0.3 is 20.1 Å². The van der Waals surface area contributed by atoms with Crippen LogP contribution in [0, 0.1) is 15.9 Å². The van der Waals surface area contributed by atoms with Crippen molar-refractivity contribution in [2.45, 2.75) is 0 Å². The Morgan fingerprint density at radius 1 is 1.07 bits per heavy atom. The first-order valence-electron chi connectivity index (χ1n) is 7.89. The zero-order chi connectivity index (χ0) is 19.7. The topological polar surface area (TPSA) is 111 Å². The molecule has 142 valence electrons. The van der Waals surface area contributed by atoms with Gasteiger partial charge in [-0.25, -0.2) is 14.4 Å². The molecular formula is C17H11BrFN5O4. The van der Waals surface area contributed by atoms with Crippen LogP contribution in [0.4, 0.5) is 33.1 Å². The Morgan fingerprint density at radius 3 is 2.57 bits per heavy atom. The molecule has 0 amide bonds. The molecule has 0 fully saturated rings. The minimum atomic E-state index is -0.644. The lowest BCUT2D eigenvalue weighted by molar-refractivity contribution is -0.383. The summed E-state index contributed by atoms with van der Waals surface area (Å²) in [5, 5.41) is 17.2. The Kier molecular flexibility index (Phi) is 4.65. The highest BCUT2D eigenvalue weighted by molar-refractivity contribution is 9.10. The zero-order valence-corrected chi connectivity index (χ0v) is 15.6. The van der Waals surface area contributed by atoms with Crippen LogP contribution in [-0.2, 0) is 0 Å². The molecule has 1 aliphatic heterocycles. The van der Waals surface area contributed by atoms with E-state index in [-0.39, 0.29) is 24.1 Å². The quantitative estimate of drug-likeness (QED) is 0.434. The number of halogens is 2. The van der Waals surface area contributed by atoms with Gasteiger partial charge in [0.1, 0.15) is 12.1 Å². The van der Waals surface area contributed by atoms with Crippen molar-refractivity contribution in [3.63, 3.8) is 0 Å². The Bertz CT molecular complexity index is 1080. The molecule has 0 spiro atoms. The maximum absolute atomic E-state index is 14.1. The van der Waals surface area contributed by atoms with Gasteiger partial charge in [-0.15, -0.1) is 0 Å². The fourth-order valence-corrected chi connectivity index (χ4v) is 2.90. The van der Waals surface area contributed by atoms with E-state index in [0.29, 0.717) is 21.7 Å². The number of aromatic nitrogens is 2. The number of hydrogen-bond donors (Lipinski definition) is 2. The lowest BCUT2D eigenvalue weighted by atomic mass is 10.2. The van der Waals surface area contributed by atoms with Gasteiger partial charge in [0.2, 0.25) is 18.4 Å². The van der Waals surface area contributed by atoms with Crippen molar-refractivity contribution in [2.24, 2.45) is 0 Å². The Morgan fingerprint density at radius 2 is 1.82 bits per heavy atom. The SMILES string of the molecule is O=[N+]([O-])c1c(Nc2ccc3c(c2)OCO3)ncnc1Nc1ccc(Br)cc1F. The minimum absolute atomic E-state index is 0.0408. The van der Waals surface area contributed by atoms with Gasteiger partial charge in [0.05, 0.1) is 10.6 Å². The Hall–Kier alpha value is -3.47. The summed E-state index contributed by atoms with van der Waals surface area (Å²) >= 11 is 3.16. The van der Waals surface area contributed by atoms with Gasteiger partial charge in [-0.05, 0) is 30.3 Å². The van der Waals surface area contributed by atoms with Crippen molar-refractivity contribution in [2.75, 3.05) is 17.4 Å². The van der Waals surface area contributed by atoms with Gasteiger partial charge in [0.15, 0.2) is 11.5 Å². The molecular weight excluding hydrogens is 437 g/mol. The zero-order valence-electron chi connectivity index (χ0n) is 14.0. The summed E-state index contributed by atoms with van der Waals surface area (Å²) in [7, 11) is 0. The van der Waals surface area contributed by atoms with E-state index in [1.807, 2.05) is 0 Å². The number of rotatable bonds is 5. The monoisotopic (exact) mass is 447 g/mol. The molecule has 1 aromatic heterocycles. The summed E-state index contributed by atoms with van der Waals surface area (Å²) in [6, 6.07) is 9.26. The number of nitrogens with zero attached hydrogens (tertiary/aromatic N) is 3.